The molecule has 2 heterocycles. The van der Waals surface area contributed by atoms with E-state index in [9.17, 15) is 4.79 Å². The number of hydrogen-bond acceptors (Lipinski definition) is 7. The van der Waals surface area contributed by atoms with Crippen molar-refractivity contribution in [3.05, 3.63) is 34.8 Å². The predicted molar refractivity (Wildman–Crippen MR) is 97.2 cm³/mol. The molecule has 0 atom stereocenters. The van der Waals surface area contributed by atoms with Gasteiger partial charge in [-0.3, -0.25) is 4.79 Å². The summed E-state index contributed by atoms with van der Waals surface area (Å²) in [5.41, 5.74) is 1.70. The zero-order chi connectivity index (χ0) is 16.8. The lowest BCUT2D eigenvalue weighted by molar-refractivity contribution is 0.0954. The molecule has 0 unspecified atom stereocenters. The third kappa shape index (κ3) is 4.46. The SMILES string of the molecule is Cc1nnc(SCCNC(=O)c2ccccc2N2CCOCC2)s1. The van der Waals surface area contributed by atoms with E-state index in [-0.39, 0.29) is 5.91 Å². The number of anilines is 1. The molecule has 1 aromatic carbocycles. The van der Waals surface area contributed by atoms with Crippen molar-refractivity contribution in [2.24, 2.45) is 0 Å². The molecule has 128 valence electrons. The van der Waals surface area contributed by atoms with Crippen LogP contribution in [0, 0.1) is 6.92 Å². The number of morpholine rings is 1. The van der Waals surface area contributed by atoms with Crippen molar-refractivity contribution in [2.45, 2.75) is 11.3 Å². The maximum Gasteiger partial charge on any atom is 0.253 e. The van der Waals surface area contributed by atoms with Crippen molar-refractivity contribution >= 4 is 34.7 Å². The van der Waals surface area contributed by atoms with Gasteiger partial charge in [0.25, 0.3) is 5.91 Å². The molecule has 0 radical (unpaired) electrons. The molecule has 1 aliphatic rings. The number of rotatable bonds is 6. The molecule has 0 aliphatic carbocycles. The maximum atomic E-state index is 12.5. The number of aromatic nitrogens is 2. The Morgan fingerprint density at radius 3 is 2.88 bits per heavy atom. The van der Waals surface area contributed by atoms with Crippen LogP contribution in [-0.2, 0) is 4.74 Å². The summed E-state index contributed by atoms with van der Waals surface area (Å²) in [4.78, 5) is 14.7. The number of thioether (sulfide) groups is 1. The molecular formula is C16H20N4O2S2. The van der Waals surface area contributed by atoms with Gasteiger partial charge in [0, 0.05) is 31.1 Å². The normalized spacial score (nSPS) is 14.6. The summed E-state index contributed by atoms with van der Waals surface area (Å²) in [6.45, 7) is 5.57. The highest BCUT2D eigenvalue weighted by Gasteiger charge is 2.18. The van der Waals surface area contributed by atoms with Crippen molar-refractivity contribution in [1.29, 1.82) is 0 Å². The number of hydrogen-bond donors (Lipinski definition) is 1. The average molecular weight is 364 g/mol. The van der Waals surface area contributed by atoms with Gasteiger partial charge >= 0.3 is 0 Å². The second kappa shape index (κ2) is 8.46. The van der Waals surface area contributed by atoms with Gasteiger partial charge in [-0.25, -0.2) is 0 Å². The molecule has 0 spiro atoms. The molecular weight excluding hydrogens is 344 g/mol. The molecule has 0 bridgehead atoms. The van der Waals surface area contributed by atoms with E-state index in [4.69, 9.17) is 4.74 Å². The molecule has 8 heteroatoms. The zero-order valence-corrected chi connectivity index (χ0v) is 15.2. The summed E-state index contributed by atoms with van der Waals surface area (Å²) in [6, 6.07) is 7.74. The number of benzene rings is 1. The van der Waals surface area contributed by atoms with Crippen LogP contribution in [0.2, 0.25) is 0 Å². The fourth-order valence-electron chi connectivity index (χ4n) is 2.48. The number of amides is 1. The second-order valence-corrected chi connectivity index (χ2v) is 7.83. The van der Waals surface area contributed by atoms with Crippen LogP contribution in [-0.4, -0.2) is 54.7 Å². The van der Waals surface area contributed by atoms with Gasteiger partial charge < -0.3 is 15.0 Å². The van der Waals surface area contributed by atoms with E-state index in [1.807, 2.05) is 31.2 Å². The van der Waals surface area contributed by atoms with Gasteiger partial charge in [0.2, 0.25) is 0 Å². The molecule has 2 aromatic rings. The number of nitrogens with one attached hydrogen (secondary N) is 1. The summed E-state index contributed by atoms with van der Waals surface area (Å²) >= 11 is 3.19. The Morgan fingerprint density at radius 1 is 1.33 bits per heavy atom. The first-order valence-corrected chi connectivity index (χ1v) is 9.67. The summed E-state index contributed by atoms with van der Waals surface area (Å²) in [7, 11) is 0. The van der Waals surface area contributed by atoms with Gasteiger partial charge in [0.1, 0.15) is 5.01 Å². The minimum absolute atomic E-state index is 0.0360. The minimum atomic E-state index is -0.0360. The predicted octanol–water partition coefficient (Wildman–Crippen LogP) is 2.21. The highest BCUT2D eigenvalue weighted by Crippen LogP contribution is 2.22. The Labute approximate surface area is 149 Å². The van der Waals surface area contributed by atoms with Crippen LogP contribution in [0.1, 0.15) is 15.4 Å². The number of carbonyl (C=O) groups is 1. The Bertz CT molecular complexity index is 686. The molecule has 1 saturated heterocycles. The lowest BCUT2D eigenvalue weighted by Gasteiger charge is -2.30. The molecule has 24 heavy (non-hydrogen) atoms. The Morgan fingerprint density at radius 2 is 2.12 bits per heavy atom. The summed E-state index contributed by atoms with van der Waals surface area (Å²) < 4.78 is 6.33. The van der Waals surface area contributed by atoms with Crippen LogP contribution >= 0.6 is 23.1 Å². The second-order valence-electron chi connectivity index (χ2n) is 5.31. The number of para-hydroxylation sites is 1. The van der Waals surface area contributed by atoms with E-state index >= 15 is 0 Å². The van der Waals surface area contributed by atoms with Gasteiger partial charge in [-0.05, 0) is 19.1 Å². The smallest absolute Gasteiger partial charge is 0.253 e. The topological polar surface area (TPSA) is 67.4 Å². The number of nitrogens with zero attached hydrogens (tertiary/aromatic N) is 3. The lowest BCUT2D eigenvalue weighted by Crippen LogP contribution is -2.38. The standard InChI is InChI=1S/C16H20N4O2S2/c1-12-18-19-16(24-12)23-11-6-17-15(21)13-4-2-3-5-14(13)20-7-9-22-10-8-20/h2-5H,6-11H2,1H3,(H,17,21). The van der Waals surface area contributed by atoms with Crippen LogP contribution < -0.4 is 10.2 Å². The van der Waals surface area contributed by atoms with Crippen LogP contribution in [0.25, 0.3) is 0 Å². The minimum Gasteiger partial charge on any atom is -0.378 e. The molecule has 1 aromatic heterocycles. The van der Waals surface area contributed by atoms with E-state index in [1.54, 1.807) is 23.1 Å². The Kier molecular flexibility index (Phi) is 6.06. The Balaban J connectivity index is 1.54. The van der Waals surface area contributed by atoms with Crippen LogP contribution in [0.4, 0.5) is 5.69 Å². The van der Waals surface area contributed by atoms with Crippen molar-refractivity contribution < 1.29 is 9.53 Å². The van der Waals surface area contributed by atoms with E-state index in [0.29, 0.717) is 19.8 Å². The van der Waals surface area contributed by atoms with Crippen molar-refractivity contribution in [2.75, 3.05) is 43.5 Å². The third-order valence-corrected chi connectivity index (χ3v) is 5.59. The molecule has 6 nitrogen and oxygen atoms in total. The van der Waals surface area contributed by atoms with Gasteiger partial charge in [-0.1, -0.05) is 35.2 Å². The largest absolute Gasteiger partial charge is 0.378 e. The fraction of sp³-hybridized carbons (Fsp3) is 0.438. The van der Waals surface area contributed by atoms with Gasteiger partial charge in [0.05, 0.1) is 18.8 Å². The molecule has 0 saturated carbocycles. The quantitative estimate of drug-likeness (QED) is 0.626. The van der Waals surface area contributed by atoms with Crippen LogP contribution in [0.5, 0.6) is 0 Å². The first-order chi connectivity index (χ1) is 11.7. The third-order valence-electron chi connectivity index (χ3n) is 3.62. The summed E-state index contributed by atoms with van der Waals surface area (Å²) in [5, 5.41) is 12.0. The zero-order valence-electron chi connectivity index (χ0n) is 13.5. The van der Waals surface area contributed by atoms with E-state index < -0.39 is 0 Å². The average Bonchev–Trinajstić information content (AvgIpc) is 3.04. The van der Waals surface area contributed by atoms with Gasteiger partial charge in [-0.15, -0.1) is 10.2 Å². The summed E-state index contributed by atoms with van der Waals surface area (Å²) in [6.07, 6.45) is 0. The highest BCUT2D eigenvalue weighted by atomic mass is 32.2. The first-order valence-electron chi connectivity index (χ1n) is 7.87. The number of ether oxygens (including phenoxy) is 1. The fourth-order valence-corrected chi connectivity index (χ4v) is 4.22. The van der Waals surface area contributed by atoms with Crippen LogP contribution in [0.3, 0.4) is 0 Å². The van der Waals surface area contributed by atoms with Gasteiger partial charge in [0.15, 0.2) is 4.34 Å². The monoisotopic (exact) mass is 364 g/mol. The van der Waals surface area contributed by atoms with Gasteiger partial charge in [-0.2, -0.15) is 0 Å². The molecule has 3 rings (SSSR count). The number of aryl methyl sites for hydroxylation is 1. The van der Waals surface area contributed by atoms with Crippen molar-refractivity contribution in [3.63, 3.8) is 0 Å². The van der Waals surface area contributed by atoms with E-state index in [0.717, 1.165) is 39.4 Å². The molecule has 1 N–H and O–H groups in total. The summed E-state index contributed by atoms with van der Waals surface area (Å²) in [5.74, 6) is 0.742. The molecule has 1 fully saturated rings. The Hall–Kier alpha value is -1.64. The van der Waals surface area contributed by atoms with Crippen LogP contribution in [0.15, 0.2) is 28.6 Å². The maximum absolute atomic E-state index is 12.5. The first kappa shape index (κ1) is 17.2. The number of carbonyl (C=O) groups excluding carboxylic acids is 1. The van der Waals surface area contributed by atoms with E-state index in [1.165, 1.54) is 0 Å². The molecule has 1 amide bonds. The lowest BCUT2D eigenvalue weighted by atomic mass is 10.1. The van der Waals surface area contributed by atoms with E-state index in [2.05, 4.69) is 20.4 Å². The molecule has 1 aliphatic heterocycles. The van der Waals surface area contributed by atoms with Crippen molar-refractivity contribution in [3.8, 4) is 0 Å². The highest BCUT2D eigenvalue weighted by molar-refractivity contribution is 8.01. The van der Waals surface area contributed by atoms with Crippen molar-refractivity contribution in [1.82, 2.24) is 15.5 Å².